The molecule has 586 valence electrons. The molecule has 2 aromatic heterocycles. The van der Waals surface area contributed by atoms with E-state index in [9.17, 15) is 52.5 Å². The summed E-state index contributed by atoms with van der Waals surface area (Å²) in [6.07, 6.45) is 17.1. The Morgan fingerprint density at radius 3 is 2.21 bits per heavy atom. The Morgan fingerprint density at radius 1 is 0.813 bits per heavy atom. The Kier molecular flexibility index (Phi) is 33.4. The number of ketones is 3. The highest BCUT2D eigenvalue weighted by Crippen LogP contribution is 2.38. The average molecular weight is 1500 g/mol. The third-order valence-corrected chi connectivity index (χ3v) is 21.1. The number of aliphatic hydroxyl groups excluding tert-OH is 2. The number of benzene rings is 2. The number of anilines is 3. The lowest BCUT2D eigenvalue weighted by Crippen LogP contribution is -2.61. The molecule has 15 atom stereocenters. The smallest absolute Gasteiger partial charge is 0.329 e. The molecule has 4 aromatic rings. The van der Waals surface area contributed by atoms with Crippen LogP contribution in [-0.4, -0.2) is 215 Å². The fourth-order valence-electron chi connectivity index (χ4n) is 14.4. The van der Waals surface area contributed by atoms with Gasteiger partial charge in [-0.05, 0) is 175 Å². The van der Waals surface area contributed by atoms with Gasteiger partial charge in [-0.2, -0.15) is 8.42 Å². The second kappa shape index (κ2) is 41.3. The number of piperidine rings is 1. The highest BCUT2D eigenvalue weighted by molar-refractivity contribution is 7.85. The molecule has 0 unspecified atom stereocenters. The maximum Gasteiger partial charge on any atom is 0.329 e. The van der Waals surface area contributed by atoms with Crippen molar-refractivity contribution in [3.63, 3.8) is 0 Å². The number of esters is 1. The number of cyclic esters (lactones) is 1. The molecule has 6 heterocycles. The summed E-state index contributed by atoms with van der Waals surface area (Å²) in [6.45, 7) is 20.0. The highest BCUT2D eigenvalue weighted by Gasteiger charge is 2.53. The number of piperazine rings is 1. The second-order valence-electron chi connectivity index (χ2n) is 29.7. The van der Waals surface area contributed by atoms with E-state index in [0.717, 1.165) is 67.2 Å². The van der Waals surface area contributed by atoms with Gasteiger partial charge in [0.25, 0.3) is 27.7 Å². The second-order valence-corrected chi connectivity index (χ2v) is 31.2. The van der Waals surface area contributed by atoms with Crippen molar-refractivity contribution in [1.82, 2.24) is 29.7 Å². The molecule has 107 heavy (non-hydrogen) atoms. The van der Waals surface area contributed by atoms with E-state index in [1.807, 2.05) is 126 Å². The van der Waals surface area contributed by atoms with Gasteiger partial charge in [0.1, 0.15) is 30.1 Å². The van der Waals surface area contributed by atoms with Gasteiger partial charge in [0.05, 0.1) is 36.4 Å². The number of hydrogen-bond donors (Lipinski definition) is 6. The molecular formula is C81H114N8O17S. The third-order valence-electron chi connectivity index (χ3n) is 21.1. The number of fused-ring (bicyclic) bond motifs is 3. The van der Waals surface area contributed by atoms with Gasteiger partial charge in [0.15, 0.2) is 5.78 Å². The monoisotopic (exact) mass is 1500 g/mol. The number of amides is 2. The van der Waals surface area contributed by atoms with Crippen molar-refractivity contribution in [3.05, 3.63) is 144 Å². The Labute approximate surface area is 631 Å². The first-order valence-corrected chi connectivity index (χ1v) is 39.2. The SMILES string of the molecule is CO[C@H]1C[C@@H]2CC[C@@H](C)[C@@](O)(O2)C(=O)C(=O)N2CCCC[C@H]2C(=O)O[C@H]([C@H](C)C[C@@H]2CC[C@@H](O)[C@H](OC)C2)CC(=O)[C@H](C)/C=C(\C)[C@@H](O)[C@@H](OC)C(=O)[C@H](C)C[C@H](C)\C=C/C=C/C=C/1C.CS(=O)(=O)O.Cc1ccc(NC(=O)c2ccc(CN3CCN(C)CC3)cc2)cc1Nc1nccc(-c2cccnc2)n1. The van der Waals surface area contributed by atoms with Crippen molar-refractivity contribution < 1.29 is 80.7 Å². The zero-order valence-electron chi connectivity index (χ0n) is 64.5. The fourth-order valence-corrected chi connectivity index (χ4v) is 14.4. The van der Waals surface area contributed by atoms with Crippen molar-refractivity contribution in [2.24, 2.45) is 35.5 Å². The minimum atomic E-state index is -3.67. The Hall–Kier alpha value is -7.60. The molecule has 4 aliphatic heterocycles. The molecule has 5 aliphatic rings. The van der Waals surface area contributed by atoms with E-state index in [0.29, 0.717) is 86.8 Å². The quantitative estimate of drug-likeness (QED) is 0.0313. The number of carbonyl (C=O) groups excluding carboxylic acids is 6. The number of rotatable bonds is 13. The molecule has 26 heteroatoms. The summed E-state index contributed by atoms with van der Waals surface area (Å²) < 4.78 is 55.2. The lowest BCUT2D eigenvalue weighted by molar-refractivity contribution is -0.265. The van der Waals surface area contributed by atoms with Crippen LogP contribution in [0.2, 0.25) is 0 Å². The lowest BCUT2D eigenvalue weighted by Gasteiger charge is -2.42. The average Bonchev–Trinajstić information content (AvgIpc) is 0.775. The summed E-state index contributed by atoms with van der Waals surface area (Å²) in [5.74, 6) is -7.63. The van der Waals surface area contributed by atoms with Crippen LogP contribution in [0.3, 0.4) is 0 Å². The van der Waals surface area contributed by atoms with Crippen molar-refractivity contribution in [2.75, 3.05) is 78.0 Å². The summed E-state index contributed by atoms with van der Waals surface area (Å²) in [6, 6.07) is 18.2. The molecule has 2 bridgehead atoms. The number of hydrogen-bond acceptors (Lipinski definition) is 22. The van der Waals surface area contributed by atoms with Gasteiger partial charge in [0.2, 0.25) is 11.7 Å². The number of methoxy groups -OCH3 is 3. The van der Waals surface area contributed by atoms with Gasteiger partial charge in [-0.25, -0.2) is 14.8 Å². The summed E-state index contributed by atoms with van der Waals surface area (Å²) in [5, 5.41) is 40.1. The zero-order chi connectivity index (χ0) is 78.3. The summed E-state index contributed by atoms with van der Waals surface area (Å²) in [4.78, 5) is 103. The number of likely N-dealkylation sites (N-methyl/N-ethyl adjacent to an activating group) is 1. The van der Waals surface area contributed by atoms with Gasteiger partial charge >= 0.3 is 5.97 Å². The van der Waals surface area contributed by atoms with E-state index in [-0.39, 0.29) is 60.7 Å². The molecule has 0 spiro atoms. The number of nitrogens with zero attached hydrogens (tertiary/aromatic N) is 6. The number of nitrogens with one attached hydrogen (secondary N) is 2. The van der Waals surface area contributed by atoms with Gasteiger partial charge in [-0.3, -0.25) is 38.4 Å². The first-order valence-electron chi connectivity index (χ1n) is 37.3. The van der Waals surface area contributed by atoms with Crippen molar-refractivity contribution in [2.45, 2.75) is 194 Å². The Balaban J connectivity index is 0.000000317. The summed E-state index contributed by atoms with van der Waals surface area (Å²) in [5.41, 5.74) is 7.35. The van der Waals surface area contributed by atoms with Crippen molar-refractivity contribution in [1.29, 1.82) is 0 Å². The fraction of sp³-hybridized carbons (Fsp3) is 0.568. The van der Waals surface area contributed by atoms with Gasteiger partial charge < -0.3 is 59.4 Å². The van der Waals surface area contributed by atoms with Gasteiger partial charge in [0, 0.05) is 132 Å². The third kappa shape index (κ3) is 26.0. The topological polar surface area (TPSA) is 336 Å². The van der Waals surface area contributed by atoms with E-state index >= 15 is 0 Å². The number of ether oxygens (including phenoxy) is 5. The minimum Gasteiger partial charge on any atom is -0.460 e. The standard InChI is InChI=1S/C51H79NO13.C29H31N7O.CH4O3S/c1-30-16-12-11-13-17-31(2)42(61-8)28-38-21-19-36(7)51(60,65-38)48(57)49(58)52-23-15-14-18-39(52)50(59)64-43(33(4)26-37-20-22-40(53)44(27-37)62-9)29-41(54)32(3)25-35(6)46(56)47(63-10)45(55)34(5)24-30;1-21-5-10-25(18-27(21)34-29-31-13-11-26(33-29)24-4-3-12-30-19-24)32-28(37)23-8-6-22(7-9-23)20-36-16-14-35(2)15-17-36;1-5(2,3)4/h11-13,16-17,25,30,32-34,36-40,42-44,46-47,53,56,60H,14-15,18-24,26-29H2,1-10H3;3-13,18-19H,14-17,20H2,1-2H3,(H,32,37)(H,31,33,34);1H3,(H,2,3,4)/b13-11+,16-12-,31-17+,35-25+;;/t30-,32-,33-,34-,36-,37+,38+,39+,40-,42+,43+,44-,46-,47+,51-;;/m1../s1. The number of Topliss-reactive ketones (excluding diaryl/α,β-unsaturated/α-hetero) is 3. The first kappa shape index (κ1) is 86.6. The molecule has 1 aliphatic carbocycles. The van der Waals surface area contributed by atoms with Gasteiger partial charge in [-0.15, -0.1) is 0 Å². The number of aliphatic hydroxyl groups is 3. The van der Waals surface area contributed by atoms with Crippen LogP contribution in [0.4, 0.5) is 17.3 Å². The molecule has 9 rings (SSSR count). The van der Waals surface area contributed by atoms with Crippen molar-refractivity contribution in [3.8, 4) is 11.3 Å². The Morgan fingerprint density at radius 2 is 1.53 bits per heavy atom. The molecule has 4 fully saturated rings. The predicted molar refractivity (Wildman–Crippen MR) is 410 cm³/mol. The number of aryl methyl sites for hydroxylation is 1. The maximum absolute atomic E-state index is 14.4. The molecule has 3 saturated heterocycles. The van der Waals surface area contributed by atoms with Crippen LogP contribution in [0.15, 0.2) is 127 Å². The summed E-state index contributed by atoms with van der Waals surface area (Å²) in [7, 11) is 3.01. The number of aromatic nitrogens is 3. The number of allylic oxidation sites excluding steroid dienone is 6. The highest BCUT2D eigenvalue weighted by atomic mass is 32.2. The van der Waals surface area contributed by atoms with E-state index in [4.69, 9.17) is 28.2 Å². The molecule has 2 aromatic carbocycles. The molecule has 1 saturated carbocycles. The van der Waals surface area contributed by atoms with Crippen LogP contribution in [0.25, 0.3) is 11.3 Å². The van der Waals surface area contributed by atoms with Crippen LogP contribution in [0.5, 0.6) is 0 Å². The minimum absolute atomic E-state index is 0.0193. The van der Waals surface area contributed by atoms with Crippen LogP contribution >= 0.6 is 0 Å². The first-order chi connectivity index (χ1) is 50.8. The molecule has 0 radical (unpaired) electrons. The van der Waals surface area contributed by atoms with Gasteiger partial charge in [-0.1, -0.05) is 89.3 Å². The van der Waals surface area contributed by atoms with Crippen molar-refractivity contribution >= 4 is 62.6 Å². The molecule has 6 N–H and O–H groups in total. The largest absolute Gasteiger partial charge is 0.460 e. The van der Waals surface area contributed by atoms with Crippen LogP contribution in [-0.2, 0) is 64.3 Å². The molecule has 2 amide bonds. The van der Waals surface area contributed by atoms with E-state index in [1.54, 1.807) is 59.7 Å². The maximum atomic E-state index is 14.4. The normalized spacial score (nSPS) is 30.0. The van der Waals surface area contributed by atoms with Crippen LogP contribution in [0, 0.1) is 42.4 Å². The Bertz CT molecular complexity index is 3840. The number of pyridine rings is 1. The van der Waals surface area contributed by atoms with E-state index in [2.05, 4.69) is 42.4 Å². The zero-order valence-corrected chi connectivity index (χ0v) is 65.3. The van der Waals surface area contributed by atoms with E-state index < -0.39 is 94.0 Å². The predicted octanol–water partition coefficient (Wildman–Crippen LogP) is 10.3. The van der Waals surface area contributed by atoms with Crippen LogP contribution < -0.4 is 10.6 Å². The molecular weight excluding hydrogens is 1390 g/mol. The summed E-state index contributed by atoms with van der Waals surface area (Å²) >= 11 is 0. The van der Waals surface area contributed by atoms with Crippen LogP contribution in [0.1, 0.15) is 147 Å². The van der Waals surface area contributed by atoms with E-state index in [1.165, 1.54) is 17.6 Å². The lowest BCUT2D eigenvalue weighted by atomic mass is 9.78. The molecule has 25 nitrogen and oxygen atoms in total. The number of carbonyl (C=O) groups is 6.